The van der Waals surface area contributed by atoms with Crippen LogP contribution in [0.1, 0.15) is 13.8 Å². The fraction of sp³-hybridized carbons (Fsp3) is 0.250. The van der Waals surface area contributed by atoms with Gasteiger partial charge in [-0.1, -0.05) is 6.07 Å². The maximum absolute atomic E-state index is 5.76. The van der Waals surface area contributed by atoms with Gasteiger partial charge in [0.05, 0.1) is 32.8 Å². The summed E-state index contributed by atoms with van der Waals surface area (Å²) in [6.45, 7) is 5.02. The number of methoxy groups -OCH3 is 2. The number of thiophene rings is 1. The van der Waals surface area contributed by atoms with Gasteiger partial charge in [-0.15, -0.1) is 11.3 Å². The van der Waals surface area contributed by atoms with Crippen molar-refractivity contribution in [3.05, 3.63) is 48.1 Å². The van der Waals surface area contributed by atoms with Gasteiger partial charge in [0, 0.05) is 22.7 Å². The number of aromatic nitrogens is 2. The Bertz CT molecular complexity index is 1230. The number of rotatable bonds is 9. The van der Waals surface area contributed by atoms with Crippen molar-refractivity contribution >= 4 is 33.1 Å². The van der Waals surface area contributed by atoms with Crippen LogP contribution in [0.2, 0.25) is 0 Å². The summed E-state index contributed by atoms with van der Waals surface area (Å²) in [7, 11) is 3.26. The zero-order valence-electron chi connectivity index (χ0n) is 18.5. The summed E-state index contributed by atoms with van der Waals surface area (Å²) in [5.41, 5.74) is 2.86. The summed E-state index contributed by atoms with van der Waals surface area (Å²) < 4.78 is 22.3. The summed E-state index contributed by atoms with van der Waals surface area (Å²) in [5, 5.41) is 6.45. The number of ether oxygens (including phenoxy) is 4. The van der Waals surface area contributed by atoms with E-state index < -0.39 is 0 Å². The number of nitrogens with one attached hydrogen (secondary N) is 1. The molecule has 0 spiro atoms. The highest BCUT2D eigenvalue weighted by Crippen LogP contribution is 2.41. The Morgan fingerprint density at radius 2 is 1.59 bits per heavy atom. The molecule has 166 valence electrons. The Balaban J connectivity index is 1.75. The molecule has 0 bridgehead atoms. The van der Waals surface area contributed by atoms with Gasteiger partial charge >= 0.3 is 0 Å². The van der Waals surface area contributed by atoms with Crippen molar-refractivity contribution in [3.8, 4) is 34.1 Å². The third kappa shape index (κ3) is 4.27. The van der Waals surface area contributed by atoms with Crippen LogP contribution >= 0.6 is 11.3 Å². The van der Waals surface area contributed by atoms with Crippen LogP contribution in [0, 0.1) is 0 Å². The van der Waals surface area contributed by atoms with Crippen molar-refractivity contribution in [2.24, 2.45) is 0 Å². The van der Waals surface area contributed by atoms with E-state index in [2.05, 4.69) is 20.7 Å². The van der Waals surface area contributed by atoms with Crippen molar-refractivity contribution in [3.63, 3.8) is 0 Å². The Kier molecular flexibility index (Phi) is 6.61. The third-order valence-electron chi connectivity index (χ3n) is 4.87. The number of anilines is 2. The van der Waals surface area contributed by atoms with Gasteiger partial charge in [-0.2, -0.15) is 0 Å². The molecule has 2 aromatic heterocycles. The monoisotopic (exact) mass is 451 g/mol. The zero-order chi connectivity index (χ0) is 22.5. The van der Waals surface area contributed by atoms with Crippen molar-refractivity contribution in [2.75, 3.05) is 32.8 Å². The molecule has 0 fully saturated rings. The first-order chi connectivity index (χ1) is 15.7. The molecular formula is C24H25N3O4S. The Morgan fingerprint density at radius 3 is 2.34 bits per heavy atom. The number of hydrogen-bond acceptors (Lipinski definition) is 8. The van der Waals surface area contributed by atoms with E-state index in [1.807, 2.05) is 50.2 Å². The molecule has 0 aliphatic heterocycles. The van der Waals surface area contributed by atoms with Crippen LogP contribution in [0.15, 0.2) is 48.1 Å². The van der Waals surface area contributed by atoms with Crippen LogP contribution in [-0.4, -0.2) is 37.4 Å². The number of hydrogen-bond donors (Lipinski definition) is 1. The number of fused-ring (bicyclic) bond motifs is 1. The Hall–Kier alpha value is -3.52. The third-order valence-corrected chi connectivity index (χ3v) is 5.76. The van der Waals surface area contributed by atoms with Crippen LogP contribution < -0.4 is 24.3 Å². The molecule has 0 saturated heterocycles. The van der Waals surface area contributed by atoms with Crippen LogP contribution in [0.4, 0.5) is 11.5 Å². The molecule has 0 aliphatic carbocycles. The first kappa shape index (κ1) is 21.7. The predicted octanol–water partition coefficient (Wildman–Crippen LogP) is 5.92. The first-order valence-corrected chi connectivity index (χ1v) is 11.2. The molecule has 7 nitrogen and oxygen atoms in total. The largest absolute Gasteiger partial charge is 0.493 e. The van der Waals surface area contributed by atoms with E-state index >= 15 is 0 Å². The standard InChI is InChI=1S/C24H25N3O4S/c1-5-30-19-10-8-16(12-21(19)31-6-2)27-23-22-17(13-32-24(22)26-14-25-23)15-7-9-18(28-3)20(11-15)29-4/h7-14H,5-6H2,1-4H3,(H,25,26,27). The van der Waals surface area contributed by atoms with Crippen LogP contribution in [-0.2, 0) is 0 Å². The van der Waals surface area contributed by atoms with Crippen LogP contribution in [0.25, 0.3) is 21.3 Å². The maximum Gasteiger partial charge on any atom is 0.163 e. The average molecular weight is 452 g/mol. The molecule has 0 saturated carbocycles. The second kappa shape index (κ2) is 9.74. The minimum Gasteiger partial charge on any atom is -0.493 e. The molecule has 0 aliphatic rings. The molecule has 0 unspecified atom stereocenters. The molecule has 1 N–H and O–H groups in total. The number of nitrogens with zero attached hydrogens (tertiary/aromatic N) is 2. The lowest BCUT2D eigenvalue weighted by molar-refractivity contribution is 0.288. The molecular weight excluding hydrogens is 426 g/mol. The summed E-state index contributed by atoms with van der Waals surface area (Å²) in [4.78, 5) is 9.88. The van der Waals surface area contributed by atoms with Crippen molar-refractivity contribution in [2.45, 2.75) is 13.8 Å². The topological polar surface area (TPSA) is 74.7 Å². The van der Waals surface area contributed by atoms with E-state index in [1.165, 1.54) is 0 Å². The molecule has 4 rings (SSSR count). The minimum atomic E-state index is 0.551. The van der Waals surface area contributed by atoms with Crippen LogP contribution in [0.3, 0.4) is 0 Å². The zero-order valence-corrected chi connectivity index (χ0v) is 19.3. The van der Waals surface area contributed by atoms with Gasteiger partial charge in [0.2, 0.25) is 0 Å². The maximum atomic E-state index is 5.76. The van der Waals surface area contributed by atoms with Gasteiger partial charge in [-0.05, 0) is 43.7 Å². The van der Waals surface area contributed by atoms with Gasteiger partial charge in [-0.25, -0.2) is 9.97 Å². The highest BCUT2D eigenvalue weighted by molar-refractivity contribution is 7.17. The van der Waals surface area contributed by atoms with Crippen LogP contribution in [0.5, 0.6) is 23.0 Å². The van der Waals surface area contributed by atoms with Gasteiger partial charge < -0.3 is 24.3 Å². The first-order valence-electron chi connectivity index (χ1n) is 10.3. The molecule has 2 heterocycles. The average Bonchev–Trinajstić information content (AvgIpc) is 3.26. The molecule has 4 aromatic rings. The minimum absolute atomic E-state index is 0.551. The summed E-state index contributed by atoms with van der Waals surface area (Å²) in [6.07, 6.45) is 1.57. The van der Waals surface area contributed by atoms with E-state index in [0.29, 0.717) is 42.0 Å². The predicted molar refractivity (Wildman–Crippen MR) is 128 cm³/mol. The highest BCUT2D eigenvalue weighted by atomic mass is 32.1. The molecule has 32 heavy (non-hydrogen) atoms. The lowest BCUT2D eigenvalue weighted by Gasteiger charge is -2.14. The molecule has 0 amide bonds. The lowest BCUT2D eigenvalue weighted by atomic mass is 10.1. The van der Waals surface area contributed by atoms with Crippen molar-refractivity contribution < 1.29 is 18.9 Å². The van der Waals surface area contributed by atoms with Gasteiger partial charge in [-0.3, -0.25) is 0 Å². The Morgan fingerprint density at radius 1 is 0.844 bits per heavy atom. The van der Waals surface area contributed by atoms with E-state index in [9.17, 15) is 0 Å². The summed E-state index contributed by atoms with van der Waals surface area (Å²) >= 11 is 1.57. The van der Waals surface area contributed by atoms with E-state index in [0.717, 1.165) is 27.0 Å². The van der Waals surface area contributed by atoms with E-state index in [4.69, 9.17) is 18.9 Å². The fourth-order valence-electron chi connectivity index (χ4n) is 3.45. The SMILES string of the molecule is CCOc1ccc(Nc2ncnc3scc(-c4ccc(OC)c(OC)c4)c23)cc1OCC. The molecule has 0 atom stereocenters. The smallest absolute Gasteiger partial charge is 0.163 e. The van der Waals surface area contributed by atoms with Gasteiger partial charge in [0.15, 0.2) is 23.0 Å². The fourth-order valence-corrected chi connectivity index (χ4v) is 4.37. The summed E-state index contributed by atoms with van der Waals surface area (Å²) in [6, 6.07) is 11.6. The molecule has 0 radical (unpaired) electrons. The Labute approximate surface area is 191 Å². The lowest BCUT2D eigenvalue weighted by Crippen LogP contribution is -2.00. The highest BCUT2D eigenvalue weighted by Gasteiger charge is 2.16. The molecule has 2 aromatic carbocycles. The number of benzene rings is 2. The normalized spacial score (nSPS) is 10.8. The second-order valence-electron chi connectivity index (χ2n) is 6.77. The second-order valence-corrected chi connectivity index (χ2v) is 7.63. The summed E-state index contributed by atoms with van der Waals surface area (Å²) in [5.74, 6) is 3.48. The quantitative estimate of drug-likeness (QED) is 0.339. The van der Waals surface area contributed by atoms with Crippen molar-refractivity contribution in [1.82, 2.24) is 9.97 Å². The van der Waals surface area contributed by atoms with E-state index in [1.54, 1.807) is 31.9 Å². The van der Waals surface area contributed by atoms with E-state index in [-0.39, 0.29) is 0 Å². The van der Waals surface area contributed by atoms with Gasteiger partial charge in [0.25, 0.3) is 0 Å². The van der Waals surface area contributed by atoms with Crippen molar-refractivity contribution in [1.29, 1.82) is 0 Å². The molecule has 8 heteroatoms. The van der Waals surface area contributed by atoms with Gasteiger partial charge in [0.1, 0.15) is 17.0 Å².